The number of aromatic nitrogens is 2. The second-order valence-electron chi connectivity index (χ2n) is 6.76. The molecule has 1 fully saturated rings. The molecule has 3 heterocycles. The first-order valence-electron chi connectivity index (χ1n) is 9.28. The first-order chi connectivity index (χ1) is 13.6. The number of hydrogen-bond donors (Lipinski definition) is 1. The molecule has 4 rings (SSSR count). The highest BCUT2D eigenvalue weighted by molar-refractivity contribution is 6.32. The van der Waals surface area contributed by atoms with Gasteiger partial charge in [0.25, 0.3) is 0 Å². The van der Waals surface area contributed by atoms with Gasteiger partial charge in [-0.05, 0) is 17.7 Å². The Labute approximate surface area is 169 Å². The molecule has 0 spiro atoms. The van der Waals surface area contributed by atoms with Crippen molar-refractivity contribution in [3.05, 3.63) is 40.7 Å². The van der Waals surface area contributed by atoms with Crippen LogP contribution in [-0.2, 0) is 18.3 Å². The fourth-order valence-corrected chi connectivity index (χ4v) is 3.72. The van der Waals surface area contributed by atoms with Crippen molar-refractivity contribution in [3.8, 4) is 11.5 Å². The summed E-state index contributed by atoms with van der Waals surface area (Å²) in [5, 5.41) is 8.21. The van der Waals surface area contributed by atoms with Crippen LogP contribution < -0.4 is 14.8 Å². The van der Waals surface area contributed by atoms with E-state index in [-0.39, 0.29) is 6.10 Å². The van der Waals surface area contributed by atoms with Crippen LogP contribution in [0.3, 0.4) is 0 Å². The average Bonchev–Trinajstić information content (AvgIpc) is 3.15. The van der Waals surface area contributed by atoms with E-state index in [0.717, 1.165) is 23.6 Å². The van der Waals surface area contributed by atoms with Gasteiger partial charge in [-0.1, -0.05) is 11.6 Å². The van der Waals surface area contributed by atoms with Gasteiger partial charge in [-0.2, -0.15) is 5.10 Å². The lowest BCUT2D eigenvalue weighted by molar-refractivity contribution is -0.00805. The van der Waals surface area contributed by atoms with Gasteiger partial charge in [-0.25, -0.2) is 0 Å². The molecule has 0 saturated carbocycles. The van der Waals surface area contributed by atoms with Gasteiger partial charge in [0.1, 0.15) is 19.3 Å². The van der Waals surface area contributed by atoms with Crippen LogP contribution in [0, 0.1) is 0 Å². The standard InChI is InChI=1S/C19H24ClN5O3/c1-21-19(25-3-4-26-17(12-25)14-10-23-24(2)11-14)22-9-13-7-15(20)18-16(8-13)27-5-6-28-18/h7-8,10-11,17H,3-6,9,12H2,1-2H3,(H,21,22). The minimum Gasteiger partial charge on any atom is -0.486 e. The topological polar surface area (TPSA) is 73.1 Å². The smallest absolute Gasteiger partial charge is 0.194 e. The molecule has 2 aromatic rings. The van der Waals surface area contributed by atoms with E-state index in [1.54, 1.807) is 11.7 Å². The molecule has 1 atom stereocenters. The number of nitrogens with zero attached hydrogens (tertiary/aromatic N) is 4. The van der Waals surface area contributed by atoms with Crippen LogP contribution in [0.25, 0.3) is 0 Å². The second-order valence-corrected chi connectivity index (χ2v) is 7.16. The summed E-state index contributed by atoms with van der Waals surface area (Å²) >= 11 is 6.34. The van der Waals surface area contributed by atoms with Crippen LogP contribution in [0.15, 0.2) is 29.5 Å². The Morgan fingerprint density at radius 3 is 2.96 bits per heavy atom. The fourth-order valence-electron chi connectivity index (χ4n) is 3.43. The number of hydrogen-bond acceptors (Lipinski definition) is 5. The number of nitrogens with one attached hydrogen (secondary N) is 1. The summed E-state index contributed by atoms with van der Waals surface area (Å²) in [6.45, 7) is 3.76. The highest BCUT2D eigenvalue weighted by Crippen LogP contribution is 2.38. The van der Waals surface area contributed by atoms with Crippen molar-refractivity contribution in [1.29, 1.82) is 0 Å². The Hall–Kier alpha value is -2.45. The summed E-state index contributed by atoms with van der Waals surface area (Å²) < 4.78 is 18.9. The van der Waals surface area contributed by atoms with E-state index in [1.165, 1.54) is 0 Å². The third-order valence-electron chi connectivity index (χ3n) is 4.78. The molecule has 1 unspecified atom stereocenters. The first-order valence-corrected chi connectivity index (χ1v) is 9.65. The normalized spacial score (nSPS) is 19.6. The molecule has 8 nitrogen and oxygen atoms in total. The van der Waals surface area contributed by atoms with Gasteiger partial charge in [-0.3, -0.25) is 9.67 Å². The third kappa shape index (κ3) is 4.02. The monoisotopic (exact) mass is 405 g/mol. The van der Waals surface area contributed by atoms with E-state index < -0.39 is 0 Å². The summed E-state index contributed by atoms with van der Waals surface area (Å²) in [7, 11) is 3.69. The molecule has 1 aromatic carbocycles. The minimum absolute atomic E-state index is 0.0234. The number of aliphatic imine (C=N–C) groups is 1. The second kappa shape index (κ2) is 8.28. The molecule has 0 aliphatic carbocycles. The number of halogens is 1. The number of guanidine groups is 1. The van der Waals surface area contributed by atoms with E-state index in [0.29, 0.717) is 49.4 Å². The Morgan fingerprint density at radius 2 is 2.18 bits per heavy atom. The molecule has 0 amide bonds. The van der Waals surface area contributed by atoms with Gasteiger partial charge in [-0.15, -0.1) is 0 Å². The van der Waals surface area contributed by atoms with E-state index in [4.69, 9.17) is 25.8 Å². The zero-order chi connectivity index (χ0) is 19.5. The van der Waals surface area contributed by atoms with Crippen molar-refractivity contribution < 1.29 is 14.2 Å². The predicted molar refractivity (Wildman–Crippen MR) is 106 cm³/mol. The van der Waals surface area contributed by atoms with Crippen LogP contribution in [0.2, 0.25) is 5.02 Å². The SMILES string of the molecule is CN=C(NCc1cc(Cl)c2c(c1)OCCO2)N1CCOC(c2cnn(C)c2)C1. The Bertz CT molecular complexity index is 869. The van der Waals surface area contributed by atoms with E-state index in [1.807, 2.05) is 31.6 Å². The first kappa shape index (κ1) is 18.9. The number of benzene rings is 1. The van der Waals surface area contributed by atoms with E-state index in [2.05, 4.69) is 20.3 Å². The molecule has 2 aliphatic heterocycles. The van der Waals surface area contributed by atoms with Crippen LogP contribution in [0.1, 0.15) is 17.2 Å². The highest BCUT2D eigenvalue weighted by Gasteiger charge is 2.25. The van der Waals surface area contributed by atoms with Gasteiger partial charge in [0.15, 0.2) is 17.5 Å². The van der Waals surface area contributed by atoms with E-state index in [9.17, 15) is 0 Å². The Morgan fingerprint density at radius 1 is 1.32 bits per heavy atom. The molecule has 0 radical (unpaired) electrons. The third-order valence-corrected chi connectivity index (χ3v) is 5.06. The lowest BCUT2D eigenvalue weighted by atomic mass is 10.1. The number of morpholine rings is 1. The van der Waals surface area contributed by atoms with Crippen LogP contribution in [0.4, 0.5) is 0 Å². The number of ether oxygens (including phenoxy) is 3. The summed E-state index contributed by atoms with van der Waals surface area (Å²) in [5.41, 5.74) is 2.08. The number of aryl methyl sites for hydroxylation is 1. The molecule has 9 heteroatoms. The quantitative estimate of drug-likeness (QED) is 0.622. The number of fused-ring (bicyclic) bond motifs is 1. The molecule has 28 heavy (non-hydrogen) atoms. The molecule has 1 N–H and O–H groups in total. The Kier molecular flexibility index (Phi) is 5.59. The lowest BCUT2D eigenvalue weighted by Crippen LogP contribution is -2.47. The largest absolute Gasteiger partial charge is 0.486 e. The maximum atomic E-state index is 6.34. The maximum absolute atomic E-state index is 6.34. The van der Waals surface area contributed by atoms with Crippen LogP contribution >= 0.6 is 11.6 Å². The molecule has 1 aromatic heterocycles. The van der Waals surface area contributed by atoms with Crippen molar-refractivity contribution in [2.75, 3.05) is 40.0 Å². The average molecular weight is 406 g/mol. The zero-order valence-corrected chi connectivity index (χ0v) is 16.8. The molecular weight excluding hydrogens is 382 g/mol. The zero-order valence-electron chi connectivity index (χ0n) is 16.0. The molecule has 2 aliphatic rings. The molecular formula is C19H24ClN5O3. The maximum Gasteiger partial charge on any atom is 0.194 e. The Balaban J connectivity index is 1.41. The van der Waals surface area contributed by atoms with Crippen LogP contribution in [-0.4, -0.2) is 60.6 Å². The van der Waals surface area contributed by atoms with Gasteiger partial charge < -0.3 is 24.4 Å². The minimum atomic E-state index is -0.0234. The fraction of sp³-hybridized carbons (Fsp3) is 0.474. The van der Waals surface area contributed by atoms with Crippen molar-refractivity contribution in [2.24, 2.45) is 12.0 Å². The van der Waals surface area contributed by atoms with Crippen molar-refractivity contribution in [2.45, 2.75) is 12.6 Å². The van der Waals surface area contributed by atoms with Gasteiger partial charge in [0.2, 0.25) is 0 Å². The van der Waals surface area contributed by atoms with Gasteiger partial charge in [0, 0.05) is 38.9 Å². The summed E-state index contributed by atoms with van der Waals surface area (Å²) in [6, 6.07) is 3.85. The molecule has 1 saturated heterocycles. The molecule has 0 bridgehead atoms. The molecule has 150 valence electrons. The predicted octanol–water partition coefficient (Wildman–Crippen LogP) is 1.99. The van der Waals surface area contributed by atoms with Crippen molar-refractivity contribution >= 4 is 17.6 Å². The van der Waals surface area contributed by atoms with Crippen LogP contribution in [0.5, 0.6) is 11.5 Å². The van der Waals surface area contributed by atoms with Gasteiger partial charge in [0.05, 0.1) is 24.4 Å². The van der Waals surface area contributed by atoms with E-state index >= 15 is 0 Å². The summed E-state index contributed by atoms with van der Waals surface area (Å²) in [5.74, 6) is 2.13. The summed E-state index contributed by atoms with van der Waals surface area (Å²) in [4.78, 5) is 6.63. The lowest BCUT2D eigenvalue weighted by Gasteiger charge is -2.34. The summed E-state index contributed by atoms with van der Waals surface area (Å²) in [6.07, 6.45) is 3.81. The van der Waals surface area contributed by atoms with Gasteiger partial charge >= 0.3 is 0 Å². The number of rotatable bonds is 3. The van der Waals surface area contributed by atoms with Crippen molar-refractivity contribution in [1.82, 2.24) is 20.0 Å². The van der Waals surface area contributed by atoms with Crippen molar-refractivity contribution in [3.63, 3.8) is 0 Å². The highest BCUT2D eigenvalue weighted by atomic mass is 35.5.